The topological polar surface area (TPSA) is 83.3 Å². The first-order chi connectivity index (χ1) is 9.65. The molecule has 3 rings (SSSR count). The summed E-state index contributed by atoms with van der Waals surface area (Å²) in [5, 5.41) is 13.2. The summed E-state index contributed by atoms with van der Waals surface area (Å²) in [4.78, 5) is 18.1. The lowest BCUT2D eigenvalue weighted by molar-refractivity contribution is -0.136. The Morgan fingerprint density at radius 2 is 2.25 bits per heavy atom. The lowest BCUT2D eigenvalue weighted by Gasteiger charge is -1.99. The van der Waals surface area contributed by atoms with Gasteiger partial charge in [0.25, 0.3) is 0 Å². The maximum Gasteiger partial charge on any atom is 0.303 e. The van der Waals surface area contributed by atoms with Gasteiger partial charge in [0.1, 0.15) is 10.3 Å². The van der Waals surface area contributed by atoms with Crippen LogP contribution in [0.5, 0.6) is 0 Å². The third-order valence-electron chi connectivity index (χ3n) is 2.94. The second-order valence-corrected chi connectivity index (χ2v) is 5.07. The monoisotopic (exact) mass is 334 g/mol. The molecule has 7 heteroatoms. The summed E-state index contributed by atoms with van der Waals surface area (Å²) in [6, 6.07) is 7.58. The number of nitrogens with zero attached hydrogens (tertiary/aromatic N) is 3. The van der Waals surface area contributed by atoms with Crippen LogP contribution in [0.3, 0.4) is 0 Å². The Labute approximate surface area is 122 Å². The van der Waals surface area contributed by atoms with Crippen LogP contribution in [-0.4, -0.2) is 30.7 Å². The zero-order valence-electron chi connectivity index (χ0n) is 10.4. The molecule has 6 nitrogen and oxygen atoms in total. The molecular formula is C13H11BrN4O2. The van der Waals surface area contributed by atoms with Crippen LogP contribution >= 0.6 is 15.9 Å². The van der Waals surface area contributed by atoms with Crippen molar-refractivity contribution >= 4 is 27.5 Å². The zero-order valence-corrected chi connectivity index (χ0v) is 12.0. The Morgan fingerprint density at radius 3 is 2.95 bits per heavy atom. The number of hydrogen-bond donors (Lipinski definition) is 2. The van der Waals surface area contributed by atoms with Gasteiger partial charge in [-0.1, -0.05) is 0 Å². The van der Waals surface area contributed by atoms with Crippen LogP contribution in [0.4, 0.5) is 0 Å². The molecule has 0 bridgehead atoms. The lowest BCUT2D eigenvalue weighted by Crippen LogP contribution is -1.98. The first-order valence-corrected chi connectivity index (χ1v) is 6.84. The van der Waals surface area contributed by atoms with E-state index in [1.807, 2.05) is 30.5 Å². The number of aromatic amines is 1. The zero-order chi connectivity index (χ0) is 14.1. The van der Waals surface area contributed by atoms with Gasteiger partial charge in [-0.05, 0) is 40.2 Å². The number of carboxylic acids is 1. The van der Waals surface area contributed by atoms with Gasteiger partial charge in [-0.25, -0.2) is 9.50 Å². The van der Waals surface area contributed by atoms with E-state index in [1.54, 1.807) is 4.52 Å². The predicted octanol–water partition coefficient (Wildman–Crippen LogP) is 2.50. The minimum absolute atomic E-state index is 0.0476. The van der Waals surface area contributed by atoms with Gasteiger partial charge in [0.05, 0.1) is 17.8 Å². The van der Waals surface area contributed by atoms with Gasteiger partial charge in [0.2, 0.25) is 0 Å². The van der Waals surface area contributed by atoms with Crippen molar-refractivity contribution in [1.29, 1.82) is 0 Å². The second kappa shape index (κ2) is 5.09. The molecule has 20 heavy (non-hydrogen) atoms. The Balaban J connectivity index is 2.01. The van der Waals surface area contributed by atoms with Gasteiger partial charge in [-0.15, -0.1) is 0 Å². The standard InChI is InChI=1S/C13H11BrN4O2/c14-13-10(4-6-12(19)20)16-11-5-3-9(17-18(11)13)8-2-1-7-15-8/h1-3,5,7,15H,4,6H2,(H,19,20). The third-order valence-corrected chi connectivity index (χ3v) is 3.73. The van der Waals surface area contributed by atoms with E-state index in [0.717, 1.165) is 11.4 Å². The number of imidazole rings is 1. The number of aliphatic carboxylic acids is 1. The summed E-state index contributed by atoms with van der Waals surface area (Å²) in [5.41, 5.74) is 3.10. The van der Waals surface area contributed by atoms with E-state index in [9.17, 15) is 4.79 Å². The summed E-state index contributed by atoms with van der Waals surface area (Å²) in [6.45, 7) is 0. The number of fused-ring (bicyclic) bond motifs is 1. The van der Waals surface area contributed by atoms with Gasteiger partial charge in [-0.3, -0.25) is 4.79 Å². The van der Waals surface area contributed by atoms with E-state index < -0.39 is 5.97 Å². The normalized spacial score (nSPS) is 11.1. The average molecular weight is 335 g/mol. The number of carboxylic acid groups (broad SMARTS) is 1. The fraction of sp³-hybridized carbons (Fsp3) is 0.154. The fourth-order valence-electron chi connectivity index (χ4n) is 1.97. The summed E-state index contributed by atoms with van der Waals surface area (Å²) >= 11 is 3.43. The minimum atomic E-state index is -0.839. The molecule has 0 fully saturated rings. The van der Waals surface area contributed by atoms with Crippen LogP contribution in [0, 0.1) is 0 Å². The van der Waals surface area contributed by atoms with Crippen LogP contribution in [-0.2, 0) is 11.2 Å². The third kappa shape index (κ3) is 2.32. The molecule has 0 amide bonds. The number of rotatable bonds is 4. The molecule has 3 heterocycles. The molecule has 0 radical (unpaired) electrons. The summed E-state index contributed by atoms with van der Waals surface area (Å²) in [5.74, 6) is -0.839. The molecule has 0 aromatic carbocycles. The van der Waals surface area contributed by atoms with Crippen molar-refractivity contribution in [2.75, 3.05) is 0 Å². The number of H-pyrrole nitrogens is 1. The minimum Gasteiger partial charge on any atom is -0.481 e. The fourth-order valence-corrected chi connectivity index (χ4v) is 2.52. The molecule has 0 aliphatic carbocycles. The van der Waals surface area contributed by atoms with E-state index in [4.69, 9.17) is 5.11 Å². The van der Waals surface area contributed by atoms with E-state index >= 15 is 0 Å². The van der Waals surface area contributed by atoms with E-state index in [2.05, 4.69) is 31.0 Å². The van der Waals surface area contributed by atoms with Crippen LogP contribution in [0.2, 0.25) is 0 Å². The van der Waals surface area contributed by atoms with Crippen molar-refractivity contribution < 1.29 is 9.90 Å². The van der Waals surface area contributed by atoms with Crippen molar-refractivity contribution in [3.8, 4) is 11.4 Å². The summed E-state index contributed by atoms with van der Waals surface area (Å²) < 4.78 is 2.37. The van der Waals surface area contributed by atoms with Crippen LogP contribution < -0.4 is 0 Å². The van der Waals surface area contributed by atoms with Crippen molar-refractivity contribution in [2.24, 2.45) is 0 Å². The highest BCUT2D eigenvalue weighted by Gasteiger charge is 2.13. The number of aromatic nitrogens is 4. The number of hydrogen-bond acceptors (Lipinski definition) is 3. The van der Waals surface area contributed by atoms with Crippen LogP contribution in [0.25, 0.3) is 17.0 Å². The average Bonchev–Trinajstić information content (AvgIpc) is 3.05. The maximum absolute atomic E-state index is 10.6. The highest BCUT2D eigenvalue weighted by atomic mass is 79.9. The van der Waals surface area contributed by atoms with Gasteiger partial charge in [0, 0.05) is 12.6 Å². The van der Waals surface area contributed by atoms with Gasteiger partial charge < -0.3 is 10.1 Å². The second-order valence-electron chi connectivity index (χ2n) is 4.32. The Morgan fingerprint density at radius 1 is 1.40 bits per heavy atom. The van der Waals surface area contributed by atoms with Crippen LogP contribution in [0.1, 0.15) is 12.1 Å². The van der Waals surface area contributed by atoms with Crippen molar-refractivity contribution in [3.63, 3.8) is 0 Å². The molecule has 0 saturated heterocycles. The molecule has 0 aliphatic heterocycles. The molecule has 0 atom stereocenters. The SMILES string of the molecule is O=C(O)CCc1nc2ccc(-c3ccc[nH]3)nn2c1Br. The molecule has 0 saturated carbocycles. The van der Waals surface area contributed by atoms with Gasteiger partial charge >= 0.3 is 5.97 Å². The highest BCUT2D eigenvalue weighted by molar-refractivity contribution is 9.10. The molecule has 2 N–H and O–H groups in total. The Hall–Kier alpha value is -2.15. The summed E-state index contributed by atoms with van der Waals surface area (Å²) in [7, 11) is 0. The molecule has 0 aliphatic rings. The lowest BCUT2D eigenvalue weighted by atomic mass is 10.2. The smallest absolute Gasteiger partial charge is 0.303 e. The largest absolute Gasteiger partial charge is 0.481 e. The molecule has 102 valence electrons. The van der Waals surface area contributed by atoms with E-state index in [1.165, 1.54) is 0 Å². The first kappa shape index (κ1) is 12.9. The molecule has 0 unspecified atom stereocenters. The first-order valence-electron chi connectivity index (χ1n) is 6.05. The molecule has 3 aromatic heterocycles. The quantitative estimate of drug-likeness (QED) is 0.767. The Kier molecular flexibility index (Phi) is 3.27. The van der Waals surface area contributed by atoms with Gasteiger partial charge in [-0.2, -0.15) is 5.10 Å². The maximum atomic E-state index is 10.6. The van der Waals surface area contributed by atoms with E-state index in [-0.39, 0.29) is 6.42 Å². The highest BCUT2D eigenvalue weighted by Crippen LogP contribution is 2.22. The number of halogens is 1. The van der Waals surface area contributed by atoms with Crippen molar-refractivity contribution in [3.05, 3.63) is 40.8 Å². The van der Waals surface area contributed by atoms with Gasteiger partial charge in [0.15, 0.2) is 5.65 Å². The Bertz CT molecular complexity index is 764. The predicted molar refractivity (Wildman–Crippen MR) is 76.4 cm³/mol. The summed E-state index contributed by atoms with van der Waals surface area (Å²) in [6.07, 6.45) is 2.26. The number of carbonyl (C=O) groups is 1. The van der Waals surface area contributed by atoms with E-state index in [0.29, 0.717) is 22.4 Å². The van der Waals surface area contributed by atoms with Crippen molar-refractivity contribution in [1.82, 2.24) is 19.6 Å². The number of nitrogens with one attached hydrogen (secondary N) is 1. The molecular weight excluding hydrogens is 324 g/mol. The molecule has 3 aromatic rings. The number of aryl methyl sites for hydroxylation is 1. The van der Waals surface area contributed by atoms with Crippen LogP contribution in [0.15, 0.2) is 35.1 Å². The van der Waals surface area contributed by atoms with Crippen molar-refractivity contribution in [2.45, 2.75) is 12.8 Å². The molecule has 0 spiro atoms.